The van der Waals surface area contributed by atoms with Gasteiger partial charge in [0.2, 0.25) is 0 Å². The Morgan fingerprint density at radius 3 is 2.44 bits per heavy atom. The lowest BCUT2D eigenvalue weighted by molar-refractivity contribution is -0.152. The summed E-state index contributed by atoms with van der Waals surface area (Å²) in [4.78, 5) is 37.5. The summed E-state index contributed by atoms with van der Waals surface area (Å²) >= 11 is 3.28. The van der Waals surface area contributed by atoms with Crippen LogP contribution in [0.1, 0.15) is 42.5 Å². The molecule has 2 rings (SSSR count). The van der Waals surface area contributed by atoms with Gasteiger partial charge in [-0.15, -0.1) is 0 Å². The number of nitrogens with zero attached hydrogens (tertiary/aromatic N) is 2. The monoisotopic (exact) mass is 435 g/mol. The molecule has 1 fully saturated rings. The zero-order chi connectivity index (χ0) is 19.9. The van der Waals surface area contributed by atoms with E-state index in [2.05, 4.69) is 27.3 Å². The van der Waals surface area contributed by atoms with E-state index in [4.69, 9.17) is 4.74 Å². The summed E-state index contributed by atoms with van der Waals surface area (Å²) in [6, 6.07) is 8.93. The number of amides is 2. The first kappa shape index (κ1) is 20.9. The number of hydrogen-bond donors (Lipinski definition) is 1. The number of esters is 1. The van der Waals surface area contributed by atoms with E-state index in [1.165, 1.54) is 4.90 Å². The van der Waals surface area contributed by atoms with Gasteiger partial charge in [0.05, 0.1) is 6.07 Å². The molecule has 0 unspecified atom stereocenters. The van der Waals surface area contributed by atoms with Gasteiger partial charge in [0.1, 0.15) is 12.1 Å². The van der Waals surface area contributed by atoms with Crippen molar-refractivity contribution in [2.45, 2.75) is 37.6 Å². The summed E-state index contributed by atoms with van der Waals surface area (Å²) in [5.74, 6) is -1.54. The third-order valence-corrected chi connectivity index (χ3v) is 5.29. The normalized spacial score (nSPS) is 15.3. The summed E-state index contributed by atoms with van der Waals surface area (Å²) in [6.45, 7) is -0.789. The molecule has 0 spiro atoms. The maximum atomic E-state index is 12.3. The second-order valence-electron chi connectivity index (χ2n) is 6.51. The fourth-order valence-corrected chi connectivity index (χ4v) is 3.31. The molecular formula is C19H22BrN3O4. The molecule has 0 heterocycles. The lowest BCUT2D eigenvalue weighted by Crippen LogP contribution is -2.51. The van der Waals surface area contributed by atoms with Gasteiger partial charge < -0.3 is 15.0 Å². The Balaban J connectivity index is 1.79. The minimum absolute atomic E-state index is 0.338. The number of carbonyl (C=O) groups is 3. The molecule has 1 aliphatic rings. The van der Waals surface area contributed by atoms with Gasteiger partial charge >= 0.3 is 5.97 Å². The molecule has 144 valence electrons. The molecule has 7 nitrogen and oxygen atoms in total. The number of nitrogens with one attached hydrogen (secondary N) is 1. The van der Waals surface area contributed by atoms with Crippen molar-refractivity contribution in [1.29, 1.82) is 5.26 Å². The van der Waals surface area contributed by atoms with Crippen LogP contribution >= 0.6 is 15.9 Å². The van der Waals surface area contributed by atoms with Crippen LogP contribution in [0.25, 0.3) is 0 Å². The van der Waals surface area contributed by atoms with Gasteiger partial charge in [-0.05, 0) is 37.1 Å². The van der Waals surface area contributed by atoms with Crippen LogP contribution in [0.5, 0.6) is 0 Å². The number of halogens is 1. The lowest BCUT2D eigenvalue weighted by atomic mass is 9.81. The number of hydrogen-bond acceptors (Lipinski definition) is 5. The molecule has 0 atom stereocenters. The number of benzene rings is 1. The molecule has 1 aromatic carbocycles. The number of ether oxygens (including phenoxy) is 1. The van der Waals surface area contributed by atoms with E-state index >= 15 is 0 Å². The Hall–Kier alpha value is -2.40. The van der Waals surface area contributed by atoms with E-state index in [0.717, 1.165) is 23.7 Å². The molecule has 1 aliphatic carbocycles. The highest BCUT2D eigenvalue weighted by atomic mass is 79.9. The molecular weight excluding hydrogens is 414 g/mol. The van der Waals surface area contributed by atoms with Gasteiger partial charge in [0.25, 0.3) is 11.8 Å². The molecule has 1 N–H and O–H groups in total. The van der Waals surface area contributed by atoms with Crippen LogP contribution in [-0.2, 0) is 14.3 Å². The highest BCUT2D eigenvalue weighted by Gasteiger charge is 2.38. The van der Waals surface area contributed by atoms with E-state index in [1.807, 2.05) is 0 Å². The quantitative estimate of drug-likeness (QED) is 0.691. The highest BCUT2D eigenvalue weighted by Crippen LogP contribution is 2.32. The molecule has 8 heteroatoms. The Bertz CT molecular complexity index is 736. The van der Waals surface area contributed by atoms with E-state index < -0.39 is 29.9 Å². The minimum atomic E-state index is -0.822. The molecule has 1 saturated carbocycles. The first-order valence-electron chi connectivity index (χ1n) is 8.75. The summed E-state index contributed by atoms with van der Waals surface area (Å²) in [6.07, 6.45) is 4.10. The average molecular weight is 436 g/mol. The summed E-state index contributed by atoms with van der Waals surface area (Å²) in [5, 5.41) is 12.0. The van der Waals surface area contributed by atoms with Crippen molar-refractivity contribution < 1.29 is 19.1 Å². The SMILES string of the molecule is CN(C(=O)COC(=O)CNC(=O)c1ccc(Br)cc1)C1(C#N)CCCCC1. The van der Waals surface area contributed by atoms with Gasteiger partial charge in [0, 0.05) is 17.1 Å². The Labute approximate surface area is 166 Å². The zero-order valence-electron chi connectivity index (χ0n) is 15.2. The van der Waals surface area contributed by atoms with Crippen LogP contribution in [-0.4, -0.2) is 48.4 Å². The Morgan fingerprint density at radius 1 is 1.22 bits per heavy atom. The van der Waals surface area contributed by atoms with Crippen LogP contribution in [0.2, 0.25) is 0 Å². The highest BCUT2D eigenvalue weighted by molar-refractivity contribution is 9.10. The Morgan fingerprint density at radius 2 is 1.85 bits per heavy atom. The second kappa shape index (κ2) is 9.51. The lowest BCUT2D eigenvalue weighted by Gasteiger charge is -2.38. The first-order valence-corrected chi connectivity index (χ1v) is 9.54. The topological polar surface area (TPSA) is 99.5 Å². The van der Waals surface area contributed by atoms with Crippen LogP contribution in [0, 0.1) is 11.3 Å². The van der Waals surface area contributed by atoms with Crippen molar-refractivity contribution in [2.24, 2.45) is 0 Å². The number of carbonyl (C=O) groups excluding carboxylic acids is 3. The summed E-state index contributed by atoms with van der Waals surface area (Å²) in [5.41, 5.74) is -0.410. The van der Waals surface area contributed by atoms with Crippen molar-refractivity contribution in [1.82, 2.24) is 10.2 Å². The standard InChI is InChI=1S/C19H22BrN3O4/c1-23(19(13-21)9-3-2-4-10-19)16(24)12-27-17(25)11-22-18(26)14-5-7-15(20)8-6-14/h5-8H,2-4,9-12H2,1H3,(H,22,26). The largest absolute Gasteiger partial charge is 0.454 e. The fraction of sp³-hybridized carbons (Fsp3) is 0.474. The van der Waals surface area contributed by atoms with Crippen molar-refractivity contribution in [3.63, 3.8) is 0 Å². The van der Waals surface area contributed by atoms with Crippen LogP contribution < -0.4 is 5.32 Å². The van der Waals surface area contributed by atoms with E-state index in [1.54, 1.807) is 31.3 Å². The van der Waals surface area contributed by atoms with Crippen molar-refractivity contribution in [2.75, 3.05) is 20.2 Å². The molecule has 0 bridgehead atoms. The van der Waals surface area contributed by atoms with E-state index in [0.29, 0.717) is 18.4 Å². The number of rotatable bonds is 6. The van der Waals surface area contributed by atoms with Crippen LogP contribution in [0.4, 0.5) is 0 Å². The molecule has 0 aliphatic heterocycles. The van der Waals surface area contributed by atoms with Crippen molar-refractivity contribution >= 4 is 33.7 Å². The molecule has 0 aromatic heterocycles. The van der Waals surface area contributed by atoms with Gasteiger partial charge in [-0.1, -0.05) is 35.2 Å². The summed E-state index contributed by atoms with van der Waals surface area (Å²) < 4.78 is 5.79. The number of nitriles is 1. The van der Waals surface area contributed by atoms with Crippen LogP contribution in [0.3, 0.4) is 0 Å². The molecule has 0 radical (unpaired) electrons. The zero-order valence-corrected chi connectivity index (χ0v) is 16.8. The predicted octanol–water partition coefficient (Wildman–Crippen LogP) is 2.41. The average Bonchev–Trinajstić information content (AvgIpc) is 2.70. The maximum Gasteiger partial charge on any atom is 0.325 e. The Kier molecular flexibility index (Phi) is 7.36. The third kappa shape index (κ3) is 5.54. The summed E-state index contributed by atoms with van der Waals surface area (Å²) in [7, 11) is 1.57. The van der Waals surface area contributed by atoms with Gasteiger partial charge in [0.15, 0.2) is 6.61 Å². The minimum Gasteiger partial charge on any atom is -0.454 e. The van der Waals surface area contributed by atoms with Crippen molar-refractivity contribution in [3.8, 4) is 6.07 Å². The van der Waals surface area contributed by atoms with Gasteiger partial charge in [-0.2, -0.15) is 5.26 Å². The maximum absolute atomic E-state index is 12.3. The van der Waals surface area contributed by atoms with E-state index in [9.17, 15) is 19.6 Å². The second-order valence-corrected chi connectivity index (χ2v) is 7.42. The smallest absolute Gasteiger partial charge is 0.325 e. The van der Waals surface area contributed by atoms with Gasteiger partial charge in [-0.3, -0.25) is 14.4 Å². The predicted molar refractivity (Wildman–Crippen MR) is 102 cm³/mol. The van der Waals surface area contributed by atoms with Crippen LogP contribution in [0.15, 0.2) is 28.7 Å². The molecule has 2 amide bonds. The first-order chi connectivity index (χ1) is 12.9. The van der Waals surface area contributed by atoms with Crippen molar-refractivity contribution in [3.05, 3.63) is 34.3 Å². The third-order valence-electron chi connectivity index (χ3n) is 4.76. The fourth-order valence-electron chi connectivity index (χ4n) is 3.04. The van der Waals surface area contributed by atoms with Gasteiger partial charge in [-0.25, -0.2) is 0 Å². The number of likely N-dealkylation sites (N-methyl/N-ethyl adjacent to an activating group) is 1. The molecule has 1 aromatic rings. The molecule has 0 saturated heterocycles. The molecule has 27 heavy (non-hydrogen) atoms. The van der Waals surface area contributed by atoms with E-state index in [-0.39, 0.29) is 6.54 Å².